The van der Waals surface area contributed by atoms with Crippen molar-refractivity contribution in [3.05, 3.63) is 41.1 Å². The number of hydrogen-bond donors (Lipinski definition) is 2. The zero-order chi connectivity index (χ0) is 14.6. The number of aliphatic hydroxyl groups is 1. The van der Waals surface area contributed by atoms with Crippen molar-refractivity contribution in [1.82, 2.24) is 9.78 Å². The molecule has 1 heterocycles. The van der Waals surface area contributed by atoms with Crippen molar-refractivity contribution < 1.29 is 13.5 Å². The maximum absolute atomic E-state index is 12.2. The molecule has 1 aromatic heterocycles. The normalized spacial score (nSPS) is 11.5. The maximum atomic E-state index is 12.2. The second-order valence-electron chi connectivity index (χ2n) is 4.13. The zero-order valence-corrected chi connectivity index (χ0v) is 12.9. The van der Waals surface area contributed by atoms with Crippen LogP contribution in [0.2, 0.25) is 0 Å². The highest BCUT2D eigenvalue weighted by Gasteiger charge is 2.16. The van der Waals surface area contributed by atoms with Gasteiger partial charge in [0.2, 0.25) is 0 Å². The monoisotopic (exact) mass is 359 g/mol. The standard InChI is InChI=1S/C12H14BrN3O3S/c13-10-3-1-4-11(7-10)15-20(18,19)12-8-14-16(9-12)5-2-6-17/h1,3-4,7-9,15,17H,2,5-6H2. The Morgan fingerprint density at radius 2 is 2.20 bits per heavy atom. The lowest BCUT2D eigenvalue weighted by Crippen LogP contribution is -2.12. The van der Waals surface area contributed by atoms with E-state index in [1.807, 2.05) is 6.07 Å². The van der Waals surface area contributed by atoms with E-state index in [-0.39, 0.29) is 11.5 Å². The Labute approximate surface area is 125 Å². The van der Waals surface area contributed by atoms with E-state index >= 15 is 0 Å². The number of rotatable bonds is 6. The number of sulfonamides is 1. The summed E-state index contributed by atoms with van der Waals surface area (Å²) in [5, 5.41) is 12.7. The third-order valence-corrected chi connectivity index (χ3v) is 4.37. The highest BCUT2D eigenvalue weighted by molar-refractivity contribution is 9.10. The number of nitrogens with one attached hydrogen (secondary N) is 1. The van der Waals surface area contributed by atoms with Crippen LogP contribution in [0.1, 0.15) is 6.42 Å². The Morgan fingerprint density at radius 1 is 1.40 bits per heavy atom. The van der Waals surface area contributed by atoms with E-state index in [0.29, 0.717) is 18.7 Å². The van der Waals surface area contributed by atoms with Gasteiger partial charge >= 0.3 is 0 Å². The van der Waals surface area contributed by atoms with E-state index < -0.39 is 10.0 Å². The van der Waals surface area contributed by atoms with Crippen LogP contribution in [0.25, 0.3) is 0 Å². The molecule has 8 heteroatoms. The summed E-state index contributed by atoms with van der Waals surface area (Å²) in [4.78, 5) is 0.0930. The van der Waals surface area contributed by atoms with Gasteiger partial charge in [-0.1, -0.05) is 22.0 Å². The van der Waals surface area contributed by atoms with Gasteiger partial charge in [-0.25, -0.2) is 8.42 Å². The van der Waals surface area contributed by atoms with Crippen molar-refractivity contribution >= 4 is 31.6 Å². The van der Waals surface area contributed by atoms with Crippen molar-refractivity contribution in [3.8, 4) is 0 Å². The molecule has 0 aliphatic carbocycles. The summed E-state index contributed by atoms with van der Waals surface area (Å²) < 4.78 is 29.1. The SMILES string of the molecule is O=S(=O)(Nc1cccc(Br)c1)c1cnn(CCCO)c1. The molecule has 0 spiro atoms. The first-order valence-electron chi connectivity index (χ1n) is 5.93. The van der Waals surface area contributed by atoms with Crippen LogP contribution in [-0.2, 0) is 16.6 Å². The van der Waals surface area contributed by atoms with Gasteiger partial charge in [0.05, 0.1) is 6.20 Å². The fourth-order valence-corrected chi connectivity index (χ4v) is 3.01. The van der Waals surface area contributed by atoms with Gasteiger partial charge in [-0.2, -0.15) is 5.10 Å². The lowest BCUT2D eigenvalue weighted by Gasteiger charge is -2.06. The first-order chi connectivity index (χ1) is 9.51. The van der Waals surface area contributed by atoms with Crippen LogP contribution in [0.5, 0.6) is 0 Å². The summed E-state index contributed by atoms with van der Waals surface area (Å²) in [6, 6.07) is 6.89. The fourth-order valence-electron chi connectivity index (χ4n) is 1.60. The largest absolute Gasteiger partial charge is 0.396 e. The topological polar surface area (TPSA) is 84.2 Å². The third kappa shape index (κ3) is 3.81. The van der Waals surface area contributed by atoms with Gasteiger partial charge in [0.1, 0.15) is 4.90 Å². The number of anilines is 1. The Morgan fingerprint density at radius 3 is 2.90 bits per heavy atom. The molecule has 0 atom stereocenters. The molecule has 0 radical (unpaired) electrons. The van der Waals surface area contributed by atoms with Gasteiger partial charge in [0, 0.05) is 29.5 Å². The number of aryl methyl sites for hydroxylation is 1. The fraction of sp³-hybridized carbons (Fsp3) is 0.250. The molecule has 0 bridgehead atoms. The Kier molecular flexibility index (Phi) is 4.79. The number of nitrogens with zero attached hydrogens (tertiary/aromatic N) is 2. The molecule has 0 unspecified atom stereocenters. The summed E-state index contributed by atoms with van der Waals surface area (Å²) in [5.41, 5.74) is 0.475. The number of aliphatic hydroxyl groups excluding tert-OH is 1. The molecule has 0 fully saturated rings. The van der Waals surface area contributed by atoms with Crippen LogP contribution in [0.3, 0.4) is 0 Å². The van der Waals surface area contributed by atoms with Crippen molar-refractivity contribution in [3.63, 3.8) is 0 Å². The third-order valence-electron chi connectivity index (χ3n) is 2.54. The quantitative estimate of drug-likeness (QED) is 0.823. The molecule has 2 rings (SSSR count). The van der Waals surface area contributed by atoms with E-state index in [4.69, 9.17) is 5.11 Å². The minimum atomic E-state index is -3.65. The summed E-state index contributed by atoms with van der Waals surface area (Å²) in [6.07, 6.45) is 3.26. The smallest absolute Gasteiger partial charge is 0.265 e. The second kappa shape index (κ2) is 6.38. The van der Waals surface area contributed by atoms with Crippen molar-refractivity contribution in [2.75, 3.05) is 11.3 Å². The lowest BCUT2D eigenvalue weighted by molar-refractivity contribution is 0.277. The Balaban J connectivity index is 2.16. The predicted octanol–water partition coefficient (Wildman–Crippen LogP) is 1.83. The van der Waals surface area contributed by atoms with E-state index in [1.165, 1.54) is 17.1 Å². The van der Waals surface area contributed by atoms with Crippen LogP contribution in [0, 0.1) is 0 Å². The van der Waals surface area contributed by atoms with Crippen molar-refractivity contribution in [1.29, 1.82) is 0 Å². The molecule has 2 aromatic rings. The van der Waals surface area contributed by atoms with Gasteiger partial charge in [-0.05, 0) is 24.6 Å². The molecule has 1 aromatic carbocycles. The molecular formula is C12H14BrN3O3S. The average Bonchev–Trinajstić information content (AvgIpc) is 2.85. The average molecular weight is 360 g/mol. The van der Waals surface area contributed by atoms with E-state index in [2.05, 4.69) is 25.8 Å². The summed E-state index contributed by atoms with van der Waals surface area (Å²) in [7, 11) is -3.65. The second-order valence-corrected chi connectivity index (χ2v) is 6.73. The number of halogens is 1. The van der Waals surface area contributed by atoms with Crippen molar-refractivity contribution in [2.24, 2.45) is 0 Å². The van der Waals surface area contributed by atoms with Crippen molar-refractivity contribution in [2.45, 2.75) is 17.9 Å². The highest BCUT2D eigenvalue weighted by atomic mass is 79.9. The Hall–Kier alpha value is -1.38. The van der Waals surface area contributed by atoms with Gasteiger partial charge in [0.25, 0.3) is 10.0 Å². The molecule has 6 nitrogen and oxygen atoms in total. The van der Waals surface area contributed by atoms with Gasteiger partial charge in [0.15, 0.2) is 0 Å². The zero-order valence-electron chi connectivity index (χ0n) is 10.5. The Bertz CT molecular complexity index is 685. The van der Waals surface area contributed by atoms with Crippen LogP contribution < -0.4 is 4.72 Å². The minimum absolute atomic E-state index is 0.0399. The van der Waals surface area contributed by atoms with Crippen LogP contribution in [-0.4, -0.2) is 29.9 Å². The van der Waals surface area contributed by atoms with Crippen LogP contribution in [0.4, 0.5) is 5.69 Å². The first-order valence-corrected chi connectivity index (χ1v) is 8.20. The summed E-state index contributed by atoms with van der Waals surface area (Å²) in [5.74, 6) is 0. The molecule has 0 saturated carbocycles. The molecule has 108 valence electrons. The molecule has 0 amide bonds. The molecule has 0 saturated heterocycles. The van der Waals surface area contributed by atoms with Crippen LogP contribution >= 0.6 is 15.9 Å². The molecule has 2 N–H and O–H groups in total. The van der Waals surface area contributed by atoms with Crippen LogP contribution in [0.15, 0.2) is 46.0 Å². The van der Waals surface area contributed by atoms with E-state index in [1.54, 1.807) is 18.2 Å². The highest BCUT2D eigenvalue weighted by Crippen LogP contribution is 2.19. The minimum Gasteiger partial charge on any atom is -0.396 e. The van der Waals surface area contributed by atoms with E-state index in [9.17, 15) is 8.42 Å². The maximum Gasteiger partial charge on any atom is 0.265 e. The number of benzene rings is 1. The number of aromatic nitrogens is 2. The molecule has 0 aliphatic heterocycles. The molecular weight excluding hydrogens is 346 g/mol. The number of hydrogen-bond acceptors (Lipinski definition) is 4. The van der Waals surface area contributed by atoms with Gasteiger partial charge < -0.3 is 5.11 Å². The summed E-state index contributed by atoms with van der Waals surface area (Å²) in [6.45, 7) is 0.515. The van der Waals surface area contributed by atoms with Gasteiger partial charge in [-0.15, -0.1) is 0 Å². The van der Waals surface area contributed by atoms with E-state index in [0.717, 1.165) is 4.47 Å². The predicted molar refractivity (Wildman–Crippen MR) is 78.9 cm³/mol. The van der Waals surface area contributed by atoms with Gasteiger partial charge in [-0.3, -0.25) is 9.40 Å². The lowest BCUT2D eigenvalue weighted by atomic mass is 10.3. The first kappa shape index (κ1) is 15.0. The molecule has 20 heavy (non-hydrogen) atoms. The molecule has 0 aliphatic rings. The summed E-state index contributed by atoms with van der Waals surface area (Å²) >= 11 is 3.28.